The van der Waals surface area contributed by atoms with E-state index in [1.807, 2.05) is 0 Å². The summed E-state index contributed by atoms with van der Waals surface area (Å²) < 4.78 is 50.1. The first-order valence-corrected chi connectivity index (χ1v) is 9.29. The Morgan fingerprint density at radius 2 is 1.86 bits per heavy atom. The number of anilines is 1. The number of hydrogen-bond donors (Lipinski definition) is 2. The maximum absolute atomic E-state index is 13.2. The summed E-state index contributed by atoms with van der Waals surface area (Å²) in [5, 5.41) is 3.00. The minimum atomic E-state index is -4.39. The molecular weight excluding hydrogens is 383 g/mol. The molecule has 0 amide bonds. The Labute approximate surface area is 167 Å². The highest BCUT2D eigenvalue weighted by Gasteiger charge is 2.37. The number of alkyl halides is 3. The van der Waals surface area contributed by atoms with Gasteiger partial charge in [0.2, 0.25) is 0 Å². The Bertz CT molecular complexity index is 845. The minimum absolute atomic E-state index is 0.202. The molecule has 1 aliphatic heterocycles. The highest BCUT2D eigenvalue weighted by molar-refractivity contribution is 5.92. The van der Waals surface area contributed by atoms with E-state index in [1.165, 1.54) is 12.1 Å². The van der Waals surface area contributed by atoms with Crippen LogP contribution in [-0.2, 0) is 16.3 Å². The van der Waals surface area contributed by atoms with Crippen LogP contribution in [0.1, 0.15) is 24.0 Å². The van der Waals surface area contributed by atoms with E-state index in [2.05, 4.69) is 10.3 Å². The van der Waals surface area contributed by atoms with E-state index < -0.39 is 17.2 Å². The number of benzene rings is 2. The van der Waals surface area contributed by atoms with Crippen molar-refractivity contribution in [1.82, 2.24) is 0 Å². The van der Waals surface area contributed by atoms with Crippen molar-refractivity contribution in [3.63, 3.8) is 0 Å². The molecule has 1 saturated heterocycles. The standard InChI is InChI=1S/C21H24F3N3O2/c1-28-18-7-5-17(6-8-18)27-19(25)26-14-20(9-11-29-12-10-20)15-3-2-4-16(13-15)21(22,23)24/h2-8,13H,9-12,14H2,1H3,(H3,25,26,27). The third-order valence-corrected chi connectivity index (χ3v) is 5.17. The Kier molecular flexibility index (Phi) is 6.32. The Morgan fingerprint density at radius 3 is 2.48 bits per heavy atom. The topological polar surface area (TPSA) is 68.9 Å². The first kappa shape index (κ1) is 21.0. The zero-order valence-electron chi connectivity index (χ0n) is 16.1. The third kappa shape index (κ3) is 5.20. The van der Waals surface area contributed by atoms with Crippen LogP contribution in [0.4, 0.5) is 18.9 Å². The molecule has 0 saturated carbocycles. The average Bonchev–Trinajstić information content (AvgIpc) is 2.73. The summed E-state index contributed by atoms with van der Waals surface area (Å²) in [4.78, 5) is 4.44. The minimum Gasteiger partial charge on any atom is -0.497 e. The number of guanidine groups is 1. The van der Waals surface area contributed by atoms with E-state index in [0.29, 0.717) is 31.6 Å². The van der Waals surface area contributed by atoms with Crippen LogP contribution < -0.4 is 15.8 Å². The second-order valence-corrected chi connectivity index (χ2v) is 7.03. The summed E-state index contributed by atoms with van der Waals surface area (Å²) in [6.07, 6.45) is -3.23. The van der Waals surface area contributed by atoms with Crippen molar-refractivity contribution in [1.29, 1.82) is 0 Å². The molecule has 0 radical (unpaired) electrons. The fourth-order valence-electron chi connectivity index (χ4n) is 3.42. The Morgan fingerprint density at radius 1 is 1.17 bits per heavy atom. The molecule has 1 fully saturated rings. The zero-order chi connectivity index (χ0) is 20.9. The van der Waals surface area contributed by atoms with Crippen molar-refractivity contribution in [2.45, 2.75) is 24.4 Å². The van der Waals surface area contributed by atoms with Gasteiger partial charge in [-0.1, -0.05) is 18.2 Å². The van der Waals surface area contributed by atoms with E-state index in [1.54, 1.807) is 37.4 Å². The highest BCUT2D eigenvalue weighted by Crippen LogP contribution is 2.38. The SMILES string of the molecule is COc1ccc(NC(N)=NCC2(c3cccc(C(F)(F)F)c3)CCOCC2)cc1. The summed E-state index contributed by atoms with van der Waals surface area (Å²) in [6.45, 7) is 1.21. The molecule has 29 heavy (non-hydrogen) atoms. The van der Waals surface area contributed by atoms with Crippen molar-refractivity contribution in [3.05, 3.63) is 59.7 Å². The lowest BCUT2D eigenvalue weighted by Gasteiger charge is -2.37. The highest BCUT2D eigenvalue weighted by atomic mass is 19.4. The smallest absolute Gasteiger partial charge is 0.416 e. The van der Waals surface area contributed by atoms with Gasteiger partial charge in [-0.25, -0.2) is 0 Å². The number of rotatable bonds is 5. The van der Waals surface area contributed by atoms with Crippen LogP contribution in [-0.4, -0.2) is 32.8 Å². The molecule has 3 rings (SSSR count). The number of nitrogens with two attached hydrogens (primary N) is 1. The molecule has 1 heterocycles. The van der Waals surface area contributed by atoms with Crippen molar-refractivity contribution >= 4 is 11.6 Å². The number of halogens is 3. The fraction of sp³-hybridized carbons (Fsp3) is 0.381. The number of nitrogens with one attached hydrogen (secondary N) is 1. The second-order valence-electron chi connectivity index (χ2n) is 7.03. The van der Waals surface area contributed by atoms with Crippen molar-refractivity contribution in [3.8, 4) is 5.75 Å². The molecule has 2 aromatic rings. The molecule has 0 bridgehead atoms. The summed E-state index contributed by atoms with van der Waals surface area (Å²) in [5.41, 5.74) is 6.17. The van der Waals surface area contributed by atoms with Gasteiger partial charge in [-0.15, -0.1) is 0 Å². The van der Waals surface area contributed by atoms with E-state index in [4.69, 9.17) is 15.2 Å². The van der Waals surface area contributed by atoms with Crippen LogP contribution in [0.3, 0.4) is 0 Å². The number of ether oxygens (including phenoxy) is 2. The van der Waals surface area contributed by atoms with Crippen molar-refractivity contribution in [2.24, 2.45) is 10.7 Å². The lowest BCUT2D eigenvalue weighted by atomic mass is 9.74. The summed E-state index contributed by atoms with van der Waals surface area (Å²) in [5.74, 6) is 0.921. The van der Waals surface area contributed by atoms with E-state index in [-0.39, 0.29) is 12.5 Å². The molecule has 5 nitrogen and oxygen atoms in total. The maximum atomic E-state index is 13.2. The van der Waals surface area contributed by atoms with Crippen molar-refractivity contribution < 1.29 is 22.6 Å². The number of hydrogen-bond acceptors (Lipinski definition) is 3. The quantitative estimate of drug-likeness (QED) is 0.576. The first-order chi connectivity index (χ1) is 13.8. The predicted molar refractivity (Wildman–Crippen MR) is 106 cm³/mol. The van der Waals surface area contributed by atoms with Crippen LogP contribution in [0.5, 0.6) is 5.75 Å². The van der Waals surface area contributed by atoms with Crippen molar-refractivity contribution in [2.75, 3.05) is 32.2 Å². The third-order valence-electron chi connectivity index (χ3n) is 5.17. The van der Waals surface area contributed by atoms with Crippen LogP contribution in [0, 0.1) is 0 Å². The Hall–Kier alpha value is -2.74. The van der Waals surface area contributed by atoms with E-state index >= 15 is 0 Å². The number of methoxy groups -OCH3 is 1. The molecule has 0 unspecified atom stereocenters. The molecule has 156 valence electrons. The first-order valence-electron chi connectivity index (χ1n) is 9.29. The van der Waals surface area contributed by atoms with Crippen LogP contribution in [0.25, 0.3) is 0 Å². The van der Waals surface area contributed by atoms with Gasteiger partial charge in [0.25, 0.3) is 0 Å². The lowest BCUT2D eigenvalue weighted by molar-refractivity contribution is -0.137. The number of aliphatic imine (C=N–C) groups is 1. The van der Waals surface area contributed by atoms with Crippen LogP contribution >= 0.6 is 0 Å². The molecule has 0 atom stereocenters. The van der Waals surface area contributed by atoms with Gasteiger partial charge in [0.15, 0.2) is 5.96 Å². The van der Waals surface area contributed by atoms with Crippen LogP contribution in [0.15, 0.2) is 53.5 Å². The fourth-order valence-corrected chi connectivity index (χ4v) is 3.42. The van der Waals surface area contributed by atoms with Crippen LogP contribution in [0.2, 0.25) is 0 Å². The summed E-state index contributed by atoms with van der Waals surface area (Å²) in [7, 11) is 1.58. The molecule has 0 aromatic heterocycles. The summed E-state index contributed by atoms with van der Waals surface area (Å²) >= 11 is 0. The van der Waals surface area contributed by atoms with Gasteiger partial charge in [0.05, 0.1) is 19.2 Å². The van der Waals surface area contributed by atoms with Gasteiger partial charge >= 0.3 is 6.18 Å². The summed E-state index contributed by atoms with van der Waals surface area (Å²) in [6, 6.07) is 12.7. The molecule has 2 aromatic carbocycles. The average molecular weight is 407 g/mol. The number of nitrogens with zero attached hydrogens (tertiary/aromatic N) is 1. The van der Waals surface area contributed by atoms with Gasteiger partial charge < -0.3 is 20.5 Å². The largest absolute Gasteiger partial charge is 0.497 e. The molecular formula is C21H24F3N3O2. The van der Waals surface area contributed by atoms with Gasteiger partial charge in [0, 0.05) is 24.3 Å². The van der Waals surface area contributed by atoms with Gasteiger partial charge in [-0.05, 0) is 48.7 Å². The zero-order valence-corrected chi connectivity index (χ0v) is 16.1. The monoisotopic (exact) mass is 407 g/mol. The normalized spacial score (nSPS) is 17.0. The molecule has 0 aliphatic carbocycles. The maximum Gasteiger partial charge on any atom is 0.416 e. The molecule has 1 aliphatic rings. The molecule has 0 spiro atoms. The van der Waals surface area contributed by atoms with Gasteiger partial charge in [-0.3, -0.25) is 4.99 Å². The van der Waals surface area contributed by atoms with Gasteiger partial charge in [-0.2, -0.15) is 13.2 Å². The second kappa shape index (κ2) is 8.73. The molecule has 3 N–H and O–H groups in total. The molecule has 8 heteroatoms. The Balaban J connectivity index is 1.80. The van der Waals surface area contributed by atoms with E-state index in [0.717, 1.165) is 17.5 Å². The van der Waals surface area contributed by atoms with Gasteiger partial charge in [0.1, 0.15) is 5.75 Å². The van der Waals surface area contributed by atoms with E-state index in [9.17, 15) is 13.2 Å². The lowest BCUT2D eigenvalue weighted by Crippen LogP contribution is -2.38. The predicted octanol–water partition coefficient (Wildman–Crippen LogP) is 4.19.